The molecule has 0 unspecified atom stereocenters. The average molecular weight is 328 g/mol. The lowest BCUT2D eigenvalue weighted by molar-refractivity contribution is -0.447. The molecule has 0 aliphatic rings. The Hall–Kier alpha value is -1.93. The van der Waals surface area contributed by atoms with Gasteiger partial charge in [-0.05, 0) is 6.92 Å². The molecule has 6 nitrogen and oxygen atoms in total. The van der Waals surface area contributed by atoms with Gasteiger partial charge < -0.3 is 0 Å². The number of halogens is 1. The van der Waals surface area contributed by atoms with E-state index in [0.717, 1.165) is 18.9 Å². The van der Waals surface area contributed by atoms with Crippen LogP contribution >= 0.6 is 0 Å². The zero-order chi connectivity index (χ0) is 16.6. The SMILES string of the molecule is C=[N+](/C=C\C(=C/C)c1cnc(F)cn1)CCCS(=O)(=O)OC. The summed E-state index contributed by atoms with van der Waals surface area (Å²) in [5.41, 5.74) is 1.29. The molecule has 0 N–H and O–H groups in total. The summed E-state index contributed by atoms with van der Waals surface area (Å²) >= 11 is 0. The molecule has 1 aromatic heterocycles. The topological polar surface area (TPSA) is 72.2 Å². The Morgan fingerprint density at radius 3 is 2.73 bits per heavy atom. The van der Waals surface area contributed by atoms with Crippen molar-refractivity contribution in [3.05, 3.63) is 42.4 Å². The van der Waals surface area contributed by atoms with Gasteiger partial charge in [-0.2, -0.15) is 12.8 Å². The van der Waals surface area contributed by atoms with Crippen LogP contribution in [0.15, 0.2) is 30.7 Å². The van der Waals surface area contributed by atoms with E-state index in [9.17, 15) is 12.8 Å². The minimum Gasteiger partial charge on any atom is -0.273 e. The summed E-state index contributed by atoms with van der Waals surface area (Å²) < 4.78 is 41.1. The molecule has 0 aliphatic carbocycles. The quantitative estimate of drug-likeness (QED) is 0.314. The second-order valence-electron chi connectivity index (χ2n) is 4.38. The van der Waals surface area contributed by atoms with Gasteiger partial charge in [-0.15, -0.1) is 0 Å². The first-order chi connectivity index (χ1) is 10.4. The molecule has 22 heavy (non-hydrogen) atoms. The van der Waals surface area contributed by atoms with Crippen LogP contribution in [-0.2, 0) is 14.3 Å². The standard InChI is InChI=1S/C14H19FN3O3S/c1-4-12(13-10-17-14(15)11-16-13)6-8-18(2)7-5-9-22(19,20)21-3/h4,6,8,10-11H,2,5,7,9H2,1,3H3/q+1/b8-6-,12-4+. The van der Waals surface area contributed by atoms with Crippen LogP contribution in [0.5, 0.6) is 0 Å². The molecule has 0 aromatic carbocycles. The van der Waals surface area contributed by atoms with Crippen molar-refractivity contribution in [3.8, 4) is 0 Å². The molecule has 8 heteroatoms. The van der Waals surface area contributed by atoms with E-state index in [1.54, 1.807) is 16.9 Å². The zero-order valence-electron chi connectivity index (χ0n) is 12.6. The van der Waals surface area contributed by atoms with Gasteiger partial charge >= 0.3 is 0 Å². The van der Waals surface area contributed by atoms with E-state index in [2.05, 4.69) is 20.9 Å². The van der Waals surface area contributed by atoms with E-state index in [1.807, 2.05) is 13.0 Å². The summed E-state index contributed by atoms with van der Waals surface area (Å²) in [4.78, 5) is 7.49. The van der Waals surface area contributed by atoms with Crippen LogP contribution in [-0.4, -0.2) is 49.1 Å². The Bertz CT molecular complexity index is 667. The summed E-state index contributed by atoms with van der Waals surface area (Å²) in [6.45, 7) is 6.06. The summed E-state index contributed by atoms with van der Waals surface area (Å²) in [6, 6.07) is 0. The number of hydrogen-bond donors (Lipinski definition) is 0. The molecule has 1 rings (SSSR count). The average Bonchev–Trinajstić information content (AvgIpc) is 2.49. The highest BCUT2D eigenvalue weighted by molar-refractivity contribution is 7.86. The van der Waals surface area contributed by atoms with Crippen molar-refractivity contribution in [3.63, 3.8) is 0 Å². The predicted molar refractivity (Wildman–Crippen MR) is 82.4 cm³/mol. The summed E-state index contributed by atoms with van der Waals surface area (Å²) in [6.07, 6.45) is 8.03. The lowest BCUT2D eigenvalue weighted by Gasteiger charge is -2.00. The maximum atomic E-state index is 12.7. The third-order valence-electron chi connectivity index (χ3n) is 2.79. The van der Waals surface area contributed by atoms with Gasteiger partial charge in [0.1, 0.15) is 13.3 Å². The smallest absolute Gasteiger partial charge is 0.267 e. The highest BCUT2D eigenvalue weighted by Gasteiger charge is 2.10. The van der Waals surface area contributed by atoms with Crippen molar-refractivity contribution in [2.75, 3.05) is 19.4 Å². The van der Waals surface area contributed by atoms with Crippen LogP contribution in [0, 0.1) is 5.95 Å². The van der Waals surface area contributed by atoms with Gasteiger partial charge in [0.2, 0.25) is 5.95 Å². The molecule has 0 saturated carbocycles. The minimum absolute atomic E-state index is 0.0662. The highest BCUT2D eigenvalue weighted by atomic mass is 32.2. The summed E-state index contributed by atoms with van der Waals surface area (Å²) in [5, 5.41) is 0. The monoisotopic (exact) mass is 328 g/mol. The van der Waals surface area contributed by atoms with Crippen LogP contribution in [0.4, 0.5) is 4.39 Å². The van der Waals surface area contributed by atoms with Crippen LogP contribution in [0.25, 0.3) is 5.57 Å². The molecular weight excluding hydrogens is 309 g/mol. The number of nitrogens with zero attached hydrogens (tertiary/aromatic N) is 3. The second kappa shape index (κ2) is 8.50. The molecule has 0 fully saturated rings. The maximum absolute atomic E-state index is 12.7. The van der Waals surface area contributed by atoms with Crippen molar-refractivity contribution in [2.24, 2.45) is 0 Å². The molecule has 0 aliphatic heterocycles. The van der Waals surface area contributed by atoms with Crippen molar-refractivity contribution >= 4 is 22.4 Å². The van der Waals surface area contributed by atoms with E-state index < -0.39 is 16.1 Å². The van der Waals surface area contributed by atoms with Gasteiger partial charge in [0.15, 0.2) is 6.20 Å². The first-order valence-electron chi connectivity index (χ1n) is 6.56. The Kier molecular flexibility index (Phi) is 7.00. The molecule has 0 spiro atoms. The van der Waals surface area contributed by atoms with Crippen molar-refractivity contribution in [1.82, 2.24) is 9.97 Å². The van der Waals surface area contributed by atoms with E-state index in [1.165, 1.54) is 6.20 Å². The summed E-state index contributed by atoms with van der Waals surface area (Å²) in [7, 11) is -2.30. The predicted octanol–water partition coefficient (Wildman–Crippen LogP) is 1.61. The fourth-order valence-electron chi connectivity index (χ4n) is 1.58. The van der Waals surface area contributed by atoms with Crippen molar-refractivity contribution in [2.45, 2.75) is 13.3 Å². The zero-order valence-corrected chi connectivity index (χ0v) is 13.4. The molecule has 0 amide bonds. The van der Waals surface area contributed by atoms with Gasteiger partial charge in [-0.3, -0.25) is 4.18 Å². The second-order valence-corrected chi connectivity index (χ2v) is 6.24. The lowest BCUT2D eigenvalue weighted by atomic mass is 10.2. The first kappa shape index (κ1) is 18.1. The summed E-state index contributed by atoms with van der Waals surface area (Å²) in [5.74, 6) is -0.704. The van der Waals surface area contributed by atoms with Gasteiger partial charge in [-0.1, -0.05) is 6.08 Å². The number of allylic oxidation sites excluding steroid dienone is 3. The fraction of sp³-hybridized carbons (Fsp3) is 0.357. The number of rotatable bonds is 8. The molecule has 0 saturated heterocycles. The molecule has 0 radical (unpaired) electrons. The van der Waals surface area contributed by atoms with E-state index in [4.69, 9.17) is 0 Å². The van der Waals surface area contributed by atoms with Gasteiger partial charge in [0.25, 0.3) is 10.1 Å². The van der Waals surface area contributed by atoms with Gasteiger partial charge in [0, 0.05) is 18.1 Å². The maximum Gasteiger partial charge on any atom is 0.267 e. The van der Waals surface area contributed by atoms with Crippen LogP contribution in [0.2, 0.25) is 0 Å². The Labute approximate surface area is 129 Å². The highest BCUT2D eigenvalue weighted by Crippen LogP contribution is 2.12. The van der Waals surface area contributed by atoms with Crippen molar-refractivity contribution < 1.29 is 21.6 Å². The Morgan fingerprint density at radius 1 is 1.45 bits per heavy atom. The number of aromatic nitrogens is 2. The normalized spacial score (nSPS) is 12.8. The number of hydrogen-bond acceptors (Lipinski definition) is 5. The third-order valence-corrected chi connectivity index (χ3v) is 4.08. The molecule has 0 bridgehead atoms. The van der Waals surface area contributed by atoms with Gasteiger partial charge in [0.05, 0.1) is 31.0 Å². The van der Waals surface area contributed by atoms with Crippen LogP contribution in [0.3, 0.4) is 0 Å². The van der Waals surface area contributed by atoms with Crippen LogP contribution in [0.1, 0.15) is 19.0 Å². The van der Waals surface area contributed by atoms with E-state index in [0.29, 0.717) is 18.7 Å². The lowest BCUT2D eigenvalue weighted by Crippen LogP contribution is -2.13. The third kappa shape index (κ3) is 6.23. The molecular formula is C14H19FN3O3S+. The molecule has 0 atom stereocenters. The molecule has 1 aromatic rings. The molecule has 1 heterocycles. The van der Waals surface area contributed by atoms with Crippen molar-refractivity contribution in [1.29, 1.82) is 0 Å². The van der Waals surface area contributed by atoms with Gasteiger partial charge in [-0.25, -0.2) is 14.5 Å². The van der Waals surface area contributed by atoms with E-state index in [-0.39, 0.29) is 5.75 Å². The largest absolute Gasteiger partial charge is 0.273 e. The minimum atomic E-state index is -3.44. The van der Waals surface area contributed by atoms with E-state index >= 15 is 0 Å². The Morgan fingerprint density at radius 2 is 2.18 bits per heavy atom. The first-order valence-corrected chi connectivity index (χ1v) is 8.13. The molecule has 120 valence electrons. The fourth-order valence-corrected chi connectivity index (χ4v) is 2.23. The van der Waals surface area contributed by atoms with Crippen LogP contribution < -0.4 is 0 Å². The Balaban J connectivity index is 2.58.